The zero-order chi connectivity index (χ0) is 15.8. The van der Waals surface area contributed by atoms with Crippen LogP contribution in [0.5, 0.6) is 0 Å². The molecule has 0 aliphatic heterocycles. The Labute approximate surface area is 134 Å². The molecule has 0 aliphatic carbocycles. The Morgan fingerprint density at radius 1 is 1.04 bits per heavy atom. The van der Waals surface area contributed by atoms with Crippen LogP contribution in [-0.4, -0.2) is 6.29 Å². The maximum absolute atomic E-state index is 12.9. The van der Waals surface area contributed by atoms with Gasteiger partial charge in [0.05, 0.1) is 10.3 Å². The molecule has 0 radical (unpaired) electrons. The molecule has 0 aliphatic rings. The zero-order valence-corrected chi connectivity index (χ0v) is 12.6. The number of para-hydroxylation sites is 1. The van der Waals surface area contributed by atoms with E-state index in [1.54, 1.807) is 24.3 Å². The smallest absolute Gasteiger partial charge is 0.204 e. The SMILES string of the molecule is O=C/C=C/c1oc(-c2cccs2)c2c(=O)c3ccccc3oc12. The summed E-state index contributed by atoms with van der Waals surface area (Å²) in [4.78, 5) is 24.3. The number of benzene rings is 1. The number of furan rings is 1. The van der Waals surface area contributed by atoms with Crippen LogP contribution in [0.25, 0.3) is 38.7 Å². The van der Waals surface area contributed by atoms with Gasteiger partial charge in [-0.25, -0.2) is 0 Å². The molecule has 3 heterocycles. The lowest BCUT2D eigenvalue weighted by molar-refractivity contribution is -0.104. The average molecular weight is 322 g/mol. The molecule has 5 heteroatoms. The number of carbonyl (C=O) groups excluding carboxylic acids is 1. The Kier molecular flexibility index (Phi) is 3.20. The van der Waals surface area contributed by atoms with E-state index in [0.717, 1.165) is 4.88 Å². The number of carbonyl (C=O) groups is 1. The summed E-state index contributed by atoms with van der Waals surface area (Å²) >= 11 is 1.47. The third-order valence-corrected chi connectivity index (χ3v) is 4.40. The van der Waals surface area contributed by atoms with Crippen molar-refractivity contribution in [1.82, 2.24) is 0 Å². The number of hydrogen-bond acceptors (Lipinski definition) is 5. The molecule has 4 aromatic rings. The second-order valence-corrected chi connectivity index (χ2v) is 5.85. The van der Waals surface area contributed by atoms with Gasteiger partial charge in [0.15, 0.2) is 17.1 Å². The molecule has 0 bridgehead atoms. The van der Waals surface area contributed by atoms with E-state index >= 15 is 0 Å². The van der Waals surface area contributed by atoms with Crippen LogP contribution in [0.15, 0.2) is 61.5 Å². The molecular weight excluding hydrogens is 312 g/mol. The Hall–Kier alpha value is -2.92. The first-order valence-electron chi connectivity index (χ1n) is 6.93. The molecule has 23 heavy (non-hydrogen) atoms. The number of hydrogen-bond donors (Lipinski definition) is 0. The van der Waals surface area contributed by atoms with E-state index in [1.807, 2.05) is 17.5 Å². The van der Waals surface area contributed by atoms with Crippen molar-refractivity contribution in [2.75, 3.05) is 0 Å². The maximum atomic E-state index is 12.9. The first kappa shape index (κ1) is 13.7. The molecule has 0 atom stereocenters. The molecule has 0 amide bonds. The fourth-order valence-corrected chi connectivity index (χ4v) is 3.26. The Morgan fingerprint density at radius 3 is 2.70 bits per heavy atom. The van der Waals surface area contributed by atoms with Gasteiger partial charge in [-0.2, -0.15) is 0 Å². The highest BCUT2D eigenvalue weighted by Gasteiger charge is 2.21. The molecule has 0 unspecified atom stereocenters. The van der Waals surface area contributed by atoms with Crippen LogP contribution in [0.1, 0.15) is 5.76 Å². The van der Waals surface area contributed by atoms with Gasteiger partial charge in [-0.15, -0.1) is 11.3 Å². The normalized spacial score (nSPS) is 11.7. The van der Waals surface area contributed by atoms with Crippen LogP contribution in [0.4, 0.5) is 0 Å². The molecule has 4 rings (SSSR count). The Bertz CT molecular complexity index is 1100. The van der Waals surface area contributed by atoms with Crippen molar-refractivity contribution in [1.29, 1.82) is 0 Å². The number of aldehydes is 1. The summed E-state index contributed by atoms with van der Waals surface area (Å²) in [6.07, 6.45) is 3.47. The highest BCUT2D eigenvalue weighted by molar-refractivity contribution is 7.13. The molecule has 0 saturated heterocycles. The van der Waals surface area contributed by atoms with Crippen molar-refractivity contribution in [3.63, 3.8) is 0 Å². The van der Waals surface area contributed by atoms with Gasteiger partial charge in [-0.3, -0.25) is 9.59 Å². The van der Waals surface area contributed by atoms with Gasteiger partial charge in [-0.05, 0) is 35.7 Å². The number of fused-ring (bicyclic) bond motifs is 2. The maximum Gasteiger partial charge on any atom is 0.204 e. The fourth-order valence-electron chi connectivity index (χ4n) is 2.55. The summed E-state index contributed by atoms with van der Waals surface area (Å²) in [5, 5.41) is 2.81. The van der Waals surface area contributed by atoms with E-state index in [9.17, 15) is 9.59 Å². The molecule has 4 nitrogen and oxygen atoms in total. The van der Waals surface area contributed by atoms with Crippen LogP contribution < -0.4 is 5.43 Å². The van der Waals surface area contributed by atoms with Crippen LogP contribution in [0, 0.1) is 0 Å². The summed E-state index contributed by atoms with van der Waals surface area (Å²) in [6, 6.07) is 10.8. The van der Waals surface area contributed by atoms with Crippen molar-refractivity contribution >= 4 is 45.6 Å². The van der Waals surface area contributed by atoms with E-state index in [-0.39, 0.29) is 5.43 Å². The van der Waals surface area contributed by atoms with Crippen molar-refractivity contribution < 1.29 is 13.6 Å². The summed E-state index contributed by atoms with van der Waals surface area (Å²) in [5.74, 6) is 0.832. The molecule has 112 valence electrons. The third kappa shape index (κ3) is 2.13. The minimum atomic E-state index is -0.139. The van der Waals surface area contributed by atoms with E-state index < -0.39 is 0 Å². The molecular formula is C18H10O4S. The van der Waals surface area contributed by atoms with Gasteiger partial charge in [0.2, 0.25) is 5.43 Å². The lowest BCUT2D eigenvalue weighted by Gasteiger charge is -1.97. The molecule has 0 saturated carbocycles. The second kappa shape index (κ2) is 5.37. The van der Waals surface area contributed by atoms with Crippen LogP contribution in [0.2, 0.25) is 0 Å². The van der Waals surface area contributed by atoms with Crippen LogP contribution >= 0.6 is 11.3 Å². The van der Waals surface area contributed by atoms with E-state index in [2.05, 4.69) is 0 Å². The van der Waals surface area contributed by atoms with Crippen molar-refractivity contribution in [3.05, 3.63) is 63.8 Å². The monoisotopic (exact) mass is 322 g/mol. The summed E-state index contributed by atoms with van der Waals surface area (Å²) in [7, 11) is 0. The fraction of sp³-hybridized carbons (Fsp3) is 0. The largest absolute Gasteiger partial charge is 0.452 e. The highest BCUT2D eigenvalue weighted by Crippen LogP contribution is 2.36. The van der Waals surface area contributed by atoms with Crippen molar-refractivity contribution in [2.45, 2.75) is 0 Å². The minimum absolute atomic E-state index is 0.139. The zero-order valence-electron chi connectivity index (χ0n) is 11.8. The van der Waals surface area contributed by atoms with Crippen molar-refractivity contribution in [3.8, 4) is 10.6 Å². The number of rotatable bonds is 3. The molecule has 0 N–H and O–H groups in total. The van der Waals surface area contributed by atoms with Gasteiger partial charge in [0.25, 0.3) is 0 Å². The van der Waals surface area contributed by atoms with Crippen molar-refractivity contribution in [2.24, 2.45) is 0 Å². The average Bonchev–Trinajstić information content (AvgIpc) is 3.21. The highest BCUT2D eigenvalue weighted by atomic mass is 32.1. The van der Waals surface area contributed by atoms with Gasteiger partial charge in [0.1, 0.15) is 17.3 Å². The molecule has 0 fully saturated rings. The van der Waals surface area contributed by atoms with Gasteiger partial charge >= 0.3 is 0 Å². The van der Waals surface area contributed by atoms with Gasteiger partial charge in [-0.1, -0.05) is 18.2 Å². The lowest BCUT2D eigenvalue weighted by Crippen LogP contribution is -2.01. The van der Waals surface area contributed by atoms with Crippen LogP contribution in [-0.2, 0) is 4.79 Å². The summed E-state index contributed by atoms with van der Waals surface area (Å²) < 4.78 is 11.7. The summed E-state index contributed by atoms with van der Waals surface area (Å²) in [5.41, 5.74) is 0.708. The van der Waals surface area contributed by atoms with E-state index in [4.69, 9.17) is 8.83 Å². The molecule has 3 aromatic heterocycles. The van der Waals surface area contributed by atoms with E-state index in [1.165, 1.54) is 23.5 Å². The van der Waals surface area contributed by atoms with Gasteiger partial charge in [0, 0.05) is 0 Å². The number of allylic oxidation sites excluding steroid dienone is 1. The molecule has 1 aromatic carbocycles. The van der Waals surface area contributed by atoms with Gasteiger partial charge < -0.3 is 8.83 Å². The second-order valence-electron chi connectivity index (χ2n) is 4.90. The molecule has 0 spiro atoms. The Balaban J connectivity index is 2.18. The van der Waals surface area contributed by atoms with Crippen LogP contribution in [0.3, 0.4) is 0 Å². The third-order valence-electron chi connectivity index (χ3n) is 3.53. The Morgan fingerprint density at radius 2 is 1.91 bits per heavy atom. The topological polar surface area (TPSA) is 60.4 Å². The quantitative estimate of drug-likeness (QED) is 0.412. The standard InChI is InChI=1S/C18H10O4S/c19-9-3-7-13-17-15(18(22-13)14-8-4-10-23-14)16(20)11-5-1-2-6-12(11)21-17/h1-10H/b7-3+. The van der Waals surface area contributed by atoms with E-state index in [0.29, 0.717) is 39.7 Å². The summed E-state index contributed by atoms with van der Waals surface area (Å²) in [6.45, 7) is 0. The minimum Gasteiger partial charge on any atom is -0.452 e. The number of thiophene rings is 1. The first-order valence-corrected chi connectivity index (χ1v) is 7.81. The predicted molar refractivity (Wildman–Crippen MR) is 90.7 cm³/mol. The first-order chi connectivity index (χ1) is 11.3. The lowest BCUT2D eigenvalue weighted by atomic mass is 10.1. The predicted octanol–water partition coefficient (Wildman–Crippen LogP) is 4.48.